The van der Waals surface area contributed by atoms with Crippen molar-refractivity contribution in [3.05, 3.63) is 65.3 Å². The summed E-state index contributed by atoms with van der Waals surface area (Å²) in [5.41, 5.74) is 1.80. The van der Waals surface area contributed by atoms with E-state index in [4.69, 9.17) is 16.3 Å². The standard InChI is InChI=1S/C19H18ClNO2/c20-17-6-2-4-8-19(17)23-16-11-9-15(10-12-16)21-13-14-5-1-3-7-18(14)22/h2,4,6,8-13,21H,1,3,5,7H2/b14-13-. The minimum absolute atomic E-state index is 0.252. The number of para-hydroxylation sites is 1. The third kappa shape index (κ3) is 4.14. The van der Waals surface area contributed by atoms with Gasteiger partial charge >= 0.3 is 0 Å². The Labute approximate surface area is 140 Å². The predicted octanol–water partition coefficient (Wildman–Crippen LogP) is 5.57. The summed E-state index contributed by atoms with van der Waals surface area (Å²) in [5, 5.41) is 3.76. The van der Waals surface area contributed by atoms with Crippen LogP contribution in [0.1, 0.15) is 25.7 Å². The van der Waals surface area contributed by atoms with Gasteiger partial charge in [-0.15, -0.1) is 0 Å². The molecule has 1 aliphatic rings. The van der Waals surface area contributed by atoms with E-state index >= 15 is 0 Å². The molecule has 118 valence electrons. The second-order valence-corrected chi connectivity index (χ2v) is 5.91. The summed E-state index contributed by atoms with van der Waals surface area (Å²) in [6.45, 7) is 0. The quantitative estimate of drug-likeness (QED) is 0.746. The molecule has 0 saturated heterocycles. The highest BCUT2D eigenvalue weighted by molar-refractivity contribution is 6.32. The highest BCUT2D eigenvalue weighted by Crippen LogP contribution is 2.29. The summed E-state index contributed by atoms with van der Waals surface area (Å²) in [6, 6.07) is 14.9. The summed E-state index contributed by atoms with van der Waals surface area (Å²) >= 11 is 6.08. The molecule has 2 aromatic rings. The van der Waals surface area contributed by atoms with Gasteiger partial charge in [-0.05, 0) is 55.7 Å². The van der Waals surface area contributed by atoms with Gasteiger partial charge in [0.25, 0.3) is 0 Å². The van der Waals surface area contributed by atoms with Crippen LogP contribution in [0, 0.1) is 0 Å². The number of anilines is 1. The Bertz CT molecular complexity index is 722. The second-order valence-electron chi connectivity index (χ2n) is 5.50. The number of benzene rings is 2. The van der Waals surface area contributed by atoms with Crippen molar-refractivity contribution in [3.8, 4) is 11.5 Å². The van der Waals surface area contributed by atoms with Crippen molar-refractivity contribution in [2.24, 2.45) is 0 Å². The molecule has 1 fully saturated rings. The molecule has 2 aromatic carbocycles. The first-order chi connectivity index (χ1) is 11.2. The van der Waals surface area contributed by atoms with Crippen molar-refractivity contribution in [3.63, 3.8) is 0 Å². The molecule has 0 radical (unpaired) electrons. The Kier molecular flexibility index (Phi) is 4.99. The van der Waals surface area contributed by atoms with Crippen LogP contribution < -0.4 is 10.1 Å². The van der Waals surface area contributed by atoms with Crippen molar-refractivity contribution in [1.82, 2.24) is 0 Å². The summed E-state index contributed by atoms with van der Waals surface area (Å²) in [7, 11) is 0. The first kappa shape index (κ1) is 15.6. The number of Topliss-reactive ketones (excluding diaryl/α,β-unsaturated/α-hetero) is 1. The summed E-state index contributed by atoms with van der Waals surface area (Å²) in [5.74, 6) is 1.59. The van der Waals surface area contributed by atoms with Gasteiger partial charge in [0.15, 0.2) is 5.78 Å². The summed E-state index contributed by atoms with van der Waals surface area (Å²) in [4.78, 5) is 11.8. The largest absolute Gasteiger partial charge is 0.456 e. The molecule has 4 heteroatoms. The average Bonchev–Trinajstić information content (AvgIpc) is 2.57. The number of carbonyl (C=O) groups excluding carboxylic acids is 1. The van der Waals surface area contributed by atoms with Gasteiger partial charge in [-0.2, -0.15) is 0 Å². The topological polar surface area (TPSA) is 38.3 Å². The Hall–Kier alpha value is -2.26. The van der Waals surface area contributed by atoms with Gasteiger partial charge in [0.1, 0.15) is 11.5 Å². The number of hydrogen-bond acceptors (Lipinski definition) is 3. The highest BCUT2D eigenvalue weighted by atomic mass is 35.5. The molecule has 0 amide bonds. The zero-order valence-electron chi connectivity index (χ0n) is 12.7. The third-order valence-electron chi connectivity index (χ3n) is 3.79. The van der Waals surface area contributed by atoms with Crippen molar-refractivity contribution >= 4 is 23.1 Å². The van der Waals surface area contributed by atoms with E-state index in [1.54, 1.807) is 6.07 Å². The van der Waals surface area contributed by atoms with Crippen LogP contribution in [0.2, 0.25) is 5.02 Å². The molecule has 3 rings (SSSR count). The van der Waals surface area contributed by atoms with Crippen molar-refractivity contribution in [2.75, 3.05) is 5.32 Å². The molecule has 23 heavy (non-hydrogen) atoms. The van der Waals surface area contributed by atoms with Crippen molar-refractivity contribution in [1.29, 1.82) is 0 Å². The van der Waals surface area contributed by atoms with Gasteiger partial charge in [-0.3, -0.25) is 4.79 Å². The van der Waals surface area contributed by atoms with Gasteiger partial charge < -0.3 is 10.1 Å². The number of halogens is 1. The molecule has 0 unspecified atom stereocenters. The maximum Gasteiger partial charge on any atom is 0.160 e. The SMILES string of the molecule is O=C1CCCC/C1=C/Nc1ccc(Oc2ccccc2Cl)cc1. The van der Waals surface area contributed by atoms with Crippen LogP contribution >= 0.6 is 11.6 Å². The van der Waals surface area contributed by atoms with E-state index in [0.29, 0.717) is 22.9 Å². The number of carbonyl (C=O) groups is 1. The lowest BCUT2D eigenvalue weighted by atomic mass is 9.94. The monoisotopic (exact) mass is 327 g/mol. The van der Waals surface area contributed by atoms with Gasteiger partial charge in [0.05, 0.1) is 5.02 Å². The second kappa shape index (κ2) is 7.34. The Morgan fingerprint density at radius 2 is 1.74 bits per heavy atom. The minimum atomic E-state index is 0.252. The van der Waals surface area contributed by atoms with E-state index in [1.165, 1.54) is 0 Å². The molecule has 1 saturated carbocycles. The maximum atomic E-state index is 11.8. The van der Waals surface area contributed by atoms with Crippen LogP contribution in [0.5, 0.6) is 11.5 Å². The van der Waals surface area contributed by atoms with E-state index in [-0.39, 0.29) is 5.78 Å². The summed E-state index contributed by atoms with van der Waals surface area (Å²) < 4.78 is 5.75. The highest BCUT2D eigenvalue weighted by Gasteiger charge is 2.14. The molecule has 0 bridgehead atoms. The van der Waals surface area contributed by atoms with E-state index in [1.807, 2.05) is 48.7 Å². The van der Waals surface area contributed by atoms with Crippen LogP contribution in [0.15, 0.2) is 60.3 Å². The smallest absolute Gasteiger partial charge is 0.160 e. The Morgan fingerprint density at radius 1 is 1.00 bits per heavy atom. The van der Waals surface area contributed by atoms with Crippen LogP contribution in [-0.4, -0.2) is 5.78 Å². The molecule has 0 aliphatic heterocycles. The van der Waals surface area contributed by atoms with Gasteiger partial charge in [-0.25, -0.2) is 0 Å². The lowest BCUT2D eigenvalue weighted by Crippen LogP contribution is -2.09. The molecule has 1 aliphatic carbocycles. The third-order valence-corrected chi connectivity index (χ3v) is 4.10. The number of hydrogen-bond donors (Lipinski definition) is 1. The van der Waals surface area contributed by atoms with Gasteiger partial charge in [0, 0.05) is 23.9 Å². The predicted molar refractivity (Wildman–Crippen MR) is 93.1 cm³/mol. The number of nitrogens with one attached hydrogen (secondary N) is 1. The number of allylic oxidation sites excluding steroid dienone is 1. The Morgan fingerprint density at radius 3 is 2.48 bits per heavy atom. The van der Waals surface area contributed by atoms with Crippen LogP contribution in [0.3, 0.4) is 0 Å². The van der Waals surface area contributed by atoms with E-state index in [0.717, 1.165) is 30.5 Å². The molecular formula is C19H18ClNO2. The van der Waals surface area contributed by atoms with Crippen LogP contribution in [0.4, 0.5) is 5.69 Å². The summed E-state index contributed by atoms with van der Waals surface area (Å²) in [6.07, 6.45) is 5.44. The molecule has 0 atom stereocenters. The fraction of sp³-hybridized carbons (Fsp3) is 0.211. The number of ketones is 1. The van der Waals surface area contributed by atoms with Crippen molar-refractivity contribution < 1.29 is 9.53 Å². The fourth-order valence-corrected chi connectivity index (χ4v) is 2.67. The number of rotatable bonds is 4. The fourth-order valence-electron chi connectivity index (χ4n) is 2.50. The Balaban J connectivity index is 1.64. The molecule has 1 N–H and O–H groups in total. The zero-order valence-corrected chi connectivity index (χ0v) is 13.5. The molecule has 3 nitrogen and oxygen atoms in total. The van der Waals surface area contributed by atoms with E-state index in [2.05, 4.69) is 5.32 Å². The molecule has 0 heterocycles. The van der Waals surface area contributed by atoms with Gasteiger partial charge in [0.2, 0.25) is 0 Å². The normalized spacial score (nSPS) is 16.4. The first-order valence-corrected chi connectivity index (χ1v) is 8.11. The van der Waals surface area contributed by atoms with Crippen LogP contribution in [0.25, 0.3) is 0 Å². The van der Waals surface area contributed by atoms with E-state index in [9.17, 15) is 4.79 Å². The first-order valence-electron chi connectivity index (χ1n) is 7.73. The lowest BCUT2D eigenvalue weighted by Gasteiger charge is -2.13. The minimum Gasteiger partial charge on any atom is -0.456 e. The average molecular weight is 328 g/mol. The molecule has 0 spiro atoms. The number of ether oxygens (including phenoxy) is 1. The zero-order chi connectivity index (χ0) is 16.1. The molecule has 0 aromatic heterocycles. The van der Waals surface area contributed by atoms with Gasteiger partial charge in [-0.1, -0.05) is 23.7 Å². The van der Waals surface area contributed by atoms with Crippen molar-refractivity contribution in [2.45, 2.75) is 25.7 Å². The van der Waals surface area contributed by atoms with Crippen LogP contribution in [-0.2, 0) is 4.79 Å². The lowest BCUT2D eigenvalue weighted by molar-refractivity contribution is -0.116. The maximum absolute atomic E-state index is 11.8. The molecular weight excluding hydrogens is 310 g/mol. The van der Waals surface area contributed by atoms with E-state index < -0.39 is 0 Å².